The highest BCUT2D eigenvalue weighted by Crippen LogP contribution is 2.21. The molecule has 0 aromatic heterocycles. The number of nitrogens with zero attached hydrogens (tertiary/aromatic N) is 1. The fourth-order valence-electron chi connectivity index (χ4n) is 2.40. The quantitative estimate of drug-likeness (QED) is 0.846. The molecule has 0 fully saturated rings. The zero-order valence-corrected chi connectivity index (χ0v) is 13.3. The summed E-state index contributed by atoms with van der Waals surface area (Å²) in [5, 5.41) is 10.5. The molecule has 0 spiro atoms. The molecule has 0 amide bonds. The van der Waals surface area contributed by atoms with Crippen molar-refractivity contribution in [1.29, 1.82) is 0 Å². The second-order valence-corrected chi connectivity index (χ2v) is 6.32. The first-order valence-electron chi connectivity index (χ1n) is 7.30. The average Bonchev–Trinajstić information content (AvgIpc) is 2.30. The number of rotatable bonds is 6. The topological polar surface area (TPSA) is 23.5 Å². The van der Waals surface area contributed by atoms with Gasteiger partial charge in [-0.1, -0.05) is 37.6 Å². The molecular formula is C17H29NO. The monoisotopic (exact) mass is 263 g/mol. The first-order chi connectivity index (χ1) is 8.81. The zero-order chi connectivity index (χ0) is 14.6. The van der Waals surface area contributed by atoms with Gasteiger partial charge in [0.1, 0.15) is 0 Å². The summed E-state index contributed by atoms with van der Waals surface area (Å²) < 4.78 is 0. The van der Waals surface area contributed by atoms with Crippen LogP contribution < -0.4 is 0 Å². The van der Waals surface area contributed by atoms with E-state index in [9.17, 15) is 5.11 Å². The highest BCUT2D eigenvalue weighted by atomic mass is 16.3. The summed E-state index contributed by atoms with van der Waals surface area (Å²) in [5.74, 6) is 0.619. The van der Waals surface area contributed by atoms with Gasteiger partial charge in [-0.05, 0) is 44.7 Å². The zero-order valence-electron chi connectivity index (χ0n) is 13.3. The van der Waals surface area contributed by atoms with E-state index in [1.807, 2.05) is 0 Å². The second kappa shape index (κ2) is 7.06. The lowest BCUT2D eigenvalue weighted by molar-refractivity contribution is 0.0873. The maximum atomic E-state index is 10.5. The highest BCUT2D eigenvalue weighted by Gasteiger charge is 2.18. The van der Waals surface area contributed by atoms with Crippen molar-refractivity contribution < 1.29 is 5.11 Å². The van der Waals surface area contributed by atoms with Crippen LogP contribution in [0.25, 0.3) is 0 Å². The number of aryl methyl sites for hydroxylation is 2. The highest BCUT2D eigenvalue weighted by molar-refractivity contribution is 5.32. The van der Waals surface area contributed by atoms with Gasteiger partial charge in [-0.15, -0.1) is 0 Å². The number of aliphatic hydroxyl groups excluding tert-OH is 1. The van der Waals surface area contributed by atoms with E-state index < -0.39 is 6.10 Å². The Morgan fingerprint density at radius 2 is 1.68 bits per heavy atom. The van der Waals surface area contributed by atoms with Crippen molar-refractivity contribution in [1.82, 2.24) is 4.90 Å². The van der Waals surface area contributed by atoms with Crippen molar-refractivity contribution in [3.05, 3.63) is 34.9 Å². The van der Waals surface area contributed by atoms with Gasteiger partial charge in [-0.3, -0.25) is 4.90 Å². The normalized spacial score (nSPS) is 13.6. The number of aliphatic hydroxyl groups is 1. The van der Waals surface area contributed by atoms with Crippen molar-refractivity contribution in [3.8, 4) is 0 Å². The van der Waals surface area contributed by atoms with E-state index >= 15 is 0 Å². The van der Waals surface area contributed by atoms with Crippen LogP contribution >= 0.6 is 0 Å². The van der Waals surface area contributed by atoms with Gasteiger partial charge in [-0.2, -0.15) is 0 Å². The number of benzene rings is 1. The summed E-state index contributed by atoms with van der Waals surface area (Å²) in [6.07, 6.45) is -0.402. The minimum Gasteiger partial charge on any atom is -0.387 e. The third-order valence-corrected chi connectivity index (χ3v) is 3.53. The summed E-state index contributed by atoms with van der Waals surface area (Å²) in [7, 11) is 0. The molecule has 0 aliphatic carbocycles. The van der Waals surface area contributed by atoms with Crippen molar-refractivity contribution in [3.63, 3.8) is 0 Å². The van der Waals surface area contributed by atoms with Crippen molar-refractivity contribution in [2.24, 2.45) is 5.92 Å². The van der Waals surface area contributed by atoms with Gasteiger partial charge in [0.25, 0.3) is 0 Å². The smallest absolute Gasteiger partial charge is 0.0919 e. The number of hydrogen-bond acceptors (Lipinski definition) is 2. The van der Waals surface area contributed by atoms with Crippen LogP contribution in [0.4, 0.5) is 0 Å². The van der Waals surface area contributed by atoms with Gasteiger partial charge in [0.05, 0.1) is 6.10 Å². The molecule has 2 nitrogen and oxygen atoms in total. The third kappa shape index (κ3) is 4.96. The van der Waals surface area contributed by atoms with Gasteiger partial charge >= 0.3 is 0 Å². The molecule has 0 bridgehead atoms. The van der Waals surface area contributed by atoms with Gasteiger partial charge < -0.3 is 5.11 Å². The molecule has 0 heterocycles. The molecule has 0 saturated carbocycles. The fraction of sp³-hybridized carbons (Fsp3) is 0.647. The minimum atomic E-state index is -0.402. The maximum Gasteiger partial charge on any atom is 0.0919 e. The van der Waals surface area contributed by atoms with Crippen molar-refractivity contribution >= 4 is 0 Å². The van der Waals surface area contributed by atoms with Crippen LogP contribution in [0.5, 0.6) is 0 Å². The van der Waals surface area contributed by atoms with Crippen LogP contribution in [0.1, 0.15) is 50.5 Å². The summed E-state index contributed by atoms with van der Waals surface area (Å²) >= 11 is 0. The van der Waals surface area contributed by atoms with E-state index in [2.05, 4.69) is 64.6 Å². The first kappa shape index (κ1) is 16.2. The summed E-state index contributed by atoms with van der Waals surface area (Å²) in [6, 6.07) is 6.76. The van der Waals surface area contributed by atoms with Gasteiger partial charge in [0.2, 0.25) is 0 Å². The van der Waals surface area contributed by atoms with Gasteiger partial charge in [0.15, 0.2) is 0 Å². The van der Waals surface area contributed by atoms with Crippen LogP contribution in [0.2, 0.25) is 0 Å². The molecule has 1 atom stereocenters. The predicted molar refractivity (Wildman–Crippen MR) is 82.4 cm³/mol. The Kier molecular flexibility index (Phi) is 6.02. The molecule has 0 aliphatic rings. The van der Waals surface area contributed by atoms with E-state index in [1.54, 1.807) is 0 Å². The Hall–Kier alpha value is -0.860. The Labute approximate surface area is 118 Å². The van der Waals surface area contributed by atoms with Gasteiger partial charge in [-0.25, -0.2) is 0 Å². The Morgan fingerprint density at radius 3 is 2.21 bits per heavy atom. The second-order valence-electron chi connectivity index (χ2n) is 6.32. The van der Waals surface area contributed by atoms with E-state index in [0.29, 0.717) is 18.5 Å². The first-order valence-corrected chi connectivity index (χ1v) is 7.30. The maximum absolute atomic E-state index is 10.5. The molecule has 1 aromatic rings. The molecule has 108 valence electrons. The lowest BCUT2D eigenvalue weighted by Gasteiger charge is -2.30. The minimum absolute atomic E-state index is 0.402. The molecule has 1 unspecified atom stereocenters. The fourth-order valence-corrected chi connectivity index (χ4v) is 2.40. The Balaban J connectivity index is 2.81. The molecule has 1 N–H and O–H groups in total. The molecule has 0 radical (unpaired) electrons. The number of hydrogen-bond donors (Lipinski definition) is 1. The third-order valence-electron chi connectivity index (χ3n) is 3.53. The molecule has 19 heavy (non-hydrogen) atoms. The van der Waals surface area contributed by atoms with Crippen LogP contribution in [0.3, 0.4) is 0 Å². The molecule has 0 aliphatic heterocycles. The standard InChI is InChI=1S/C17H29NO/c1-12(2)10-18(13(3)4)11-17(19)16-9-14(5)7-8-15(16)6/h7-9,12-13,17,19H,10-11H2,1-6H3. The summed E-state index contributed by atoms with van der Waals surface area (Å²) in [6.45, 7) is 14.7. The molecule has 0 saturated heterocycles. The molecule has 1 aromatic carbocycles. The van der Waals surface area contributed by atoms with E-state index in [0.717, 1.165) is 12.1 Å². The summed E-state index contributed by atoms with van der Waals surface area (Å²) in [4.78, 5) is 2.36. The van der Waals surface area contributed by atoms with E-state index in [-0.39, 0.29) is 0 Å². The molecule has 2 heteroatoms. The van der Waals surface area contributed by atoms with Crippen LogP contribution in [-0.4, -0.2) is 29.1 Å². The Bertz CT molecular complexity index is 398. The van der Waals surface area contributed by atoms with E-state index in [4.69, 9.17) is 0 Å². The predicted octanol–water partition coefficient (Wildman–Crippen LogP) is 3.70. The molecular weight excluding hydrogens is 234 g/mol. The van der Waals surface area contributed by atoms with E-state index in [1.165, 1.54) is 11.1 Å². The average molecular weight is 263 g/mol. The Morgan fingerprint density at radius 1 is 1.05 bits per heavy atom. The van der Waals surface area contributed by atoms with Crippen LogP contribution in [-0.2, 0) is 0 Å². The van der Waals surface area contributed by atoms with Crippen molar-refractivity contribution in [2.45, 2.75) is 53.7 Å². The summed E-state index contributed by atoms with van der Waals surface area (Å²) in [5.41, 5.74) is 3.44. The van der Waals surface area contributed by atoms with Crippen LogP contribution in [0.15, 0.2) is 18.2 Å². The largest absolute Gasteiger partial charge is 0.387 e. The lowest BCUT2D eigenvalue weighted by Crippen LogP contribution is -2.37. The van der Waals surface area contributed by atoms with Gasteiger partial charge in [0, 0.05) is 19.1 Å². The lowest BCUT2D eigenvalue weighted by atomic mass is 10.00. The van der Waals surface area contributed by atoms with Crippen LogP contribution in [0, 0.1) is 19.8 Å². The van der Waals surface area contributed by atoms with Crippen molar-refractivity contribution in [2.75, 3.05) is 13.1 Å². The SMILES string of the molecule is Cc1ccc(C)c(C(O)CN(CC(C)C)C(C)C)c1. The molecule has 1 rings (SSSR count).